The zero-order valence-corrected chi connectivity index (χ0v) is 22.7. The number of amides is 1. The number of fused-ring (bicyclic) bond motifs is 5. The molecule has 0 aromatic heterocycles. The second-order valence-electron chi connectivity index (χ2n) is 12.5. The first kappa shape index (κ1) is 26.9. The molecule has 4 aliphatic carbocycles. The van der Waals surface area contributed by atoms with Crippen LogP contribution in [0.5, 0.6) is 0 Å². The minimum atomic E-state index is -0.898. The molecule has 3 N–H and O–H groups in total. The third-order valence-corrected chi connectivity index (χ3v) is 10.5. The molecule has 7 nitrogen and oxygen atoms in total. The number of carboxylic acid groups (broad SMARTS) is 1. The topological polar surface area (TPSA) is 108 Å². The zero-order chi connectivity index (χ0) is 26.9. The number of aliphatic hydroxyl groups is 1. The summed E-state index contributed by atoms with van der Waals surface area (Å²) in [7, 11) is 0. The van der Waals surface area contributed by atoms with E-state index in [0.717, 1.165) is 43.4 Å². The second-order valence-corrected chi connectivity index (χ2v) is 12.5. The van der Waals surface area contributed by atoms with Gasteiger partial charge in [0.05, 0.1) is 18.2 Å². The van der Waals surface area contributed by atoms with E-state index < -0.39 is 5.97 Å². The zero-order valence-electron chi connectivity index (χ0n) is 22.7. The highest BCUT2D eigenvalue weighted by atomic mass is 16.6. The van der Waals surface area contributed by atoms with Crippen LogP contribution < -0.4 is 5.32 Å². The number of nitrogens with one attached hydrogen (secondary N) is 1. The monoisotopic (exact) mass is 522 g/mol. The average Bonchev–Trinajstić information content (AvgIpc) is 3.21. The number of hydrogen-bond donors (Lipinski definition) is 3. The summed E-state index contributed by atoms with van der Waals surface area (Å²) in [5, 5.41) is 27.0. The smallest absolute Gasteiger partial charge is 0.304 e. The van der Waals surface area contributed by atoms with Gasteiger partial charge in [0.15, 0.2) is 6.61 Å². The molecule has 1 aromatic carbocycles. The Morgan fingerprint density at radius 3 is 2.63 bits per heavy atom. The van der Waals surface area contributed by atoms with Gasteiger partial charge in [-0.2, -0.15) is 0 Å². The van der Waals surface area contributed by atoms with Gasteiger partial charge in [0, 0.05) is 12.5 Å². The van der Waals surface area contributed by atoms with Crippen LogP contribution in [0.25, 0.3) is 0 Å². The normalized spacial score (nSPS) is 35.9. The van der Waals surface area contributed by atoms with Crippen molar-refractivity contribution in [1.82, 2.24) is 5.32 Å². The number of benzene rings is 1. The lowest BCUT2D eigenvalue weighted by Gasteiger charge is -2.57. The van der Waals surface area contributed by atoms with Crippen LogP contribution in [0, 0.1) is 28.6 Å². The Balaban J connectivity index is 1.16. The fraction of sp³-hybridized carbons (Fsp3) is 0.645. The number of aliphatic hydroxyl groups excluding tert-OH is 1. The number of aliphatic carboxylic acids is 1. The third kappa shape index (κ3) is 5.14. The molecular formula is C31H42N2O5. The highest BCUT2D eigenvalue weighted by molar-refractivity contribution is 5.96. The van der Waals surface area contributed by atoms with Crippen LogP contribution in [0.15, 0.2) is 47.1 Å². The summed E-state index contributed by atoms with van der Waals surface area (Å²) in [6.45, 7) is 4.81. The van der Waals surface area contributed by atoms with Crippen LogP contribution in [0.4, 0.5) is 0 Å². The van der Waals surface area contributed by atoms with Crippen LogP contribution >= 0.6 is 0 Å². The Bertz CT molecular complexity index is 1100. The van der Waals surface area contributed by atoms with Gasteiger partial charge in [0.2, 0.25) is 0 Å². The number of rotatable bonds is 8. The van der Waals surface area contributed by atoms with E-state index in [2.05, 4.69) is 30.4 Å². The molecule has 7 atom stereocenters. The van der Waals surface area contributed by atoms with Gasteiger partial charge >= 0.3 is 5.97 Å². The Hall–Kier alpha value is -2.67. The number of carboxylic acids is 1. The van der Waals surface area contributed by atoms with Crippen LogP contribution in [0.3, 0.4) is 0 Å². The van der Waals surface area contributed by atoms with Gasteiger partial charge in [-0.3, -0.25) is 9.59 Å². The minimum Gasteiger partial charge on any atom is -0.481 e. The number of hydrogen-bond acceptors (Lipinski definition) is 5. The van der Waals surface area contributed by atoms with Crippen LogP contribution in [0.1, 0.15) is 83.1 Å². The van der Waals surface area contributed by atoms with E-state index in [1.165, 1.54) is 24.8 Å². The molecule has 0 heterocycles. The van der Waals surface area contributed by atoms with Gasteiger partial charge in [0.25, 0.3) is 5.91 Å². The number of carbonyl (C=O) groups excluding carboxylic acids is 1. The van der Waals surface area contributed by atoms with Gasteiger partial charge in [-0.1, -0.05) is 54.9 Å². The van der Waals surface area contributed by atoms with E-state index in [0.29, 0.717) is 17.8 Å². The van der Waals surface area contributed by atoms with Crippen molar-refractivity contribution in [2.75, 3.05) is 13.2 Å². The fourth-order valence-corrected chi connectivity index (χ4v) is 8.32. The summed E-state index contributed by atoms with van der Waals surface area (Å²) in [6.07, 6.45) is 10.6. The molecule has 0 radical (unpaired) electrons. The Morgan fingerprint density at radius 2 is 1.87 bits per heavy atom. The van der Waals surface area contributed by atoms with E-state index in [1.54, 1.807) is 0 Å². The van der Waals surface area contributed by atoms with Crippen molar-refractivity contribution in [3.8, 4) is 0 Å². The second kappa shape index (κ2) is 10.8. The summed E-state index contributed by atoms with van der Waals surface area (Å²) in [5.41, 5.74) is 3.54. The van der Waals surface area contributed by atoms with Crippen LogP contribution in [-0.4, -0.2) is 47.1 Å². The molecule has 1 aromatic rings. The summed E-state index contributed by atoms with van der Waals surface area (Å²) in [4.78, 5) is 29.1. The first-order valence-corrected chi connectivity index (χ1v) is 14.3. The van der Waals surface area contributed by atoms with Crippen molar-refractivity contribution >= 4 is 17.6 Å². The molecule has 1 amide bonds. The van der Waals surface area contributed by atoms with E-state index in [4.69, 9.17) is 4.84 Å². The SMILES string of the molecule is C[C@]12CC[C@H]3[C@@H](CCC4=CC(=NOCC(=O)NC[C@@H](CC(=O)O)c5ccccc5)CC[C@@]43C)[C@@H]1CC[C@@H]2O. The lowest BCUT2D eigenvalue weighted by atomic mass is 9.47. The quantitative estimate of drug-likeness (QED) is 0.414. The summed E-state index contributed by atoms with van der Waals surface area (Å²) in [5.74, 6) is 0.506. The summed E-state index contributed by atoms with van der Waals surface area (Å²) in [6, 6.07) is 9.37. The van der Waals surface area contributed by atoms with Crippen molar-refractivity contribution in [3.05, 3.63) is 47.5 Å². The third-order valence-electron chi connectivity index (χ3n) is 10.5. The molecular weight excluding hydrogens is 480 g/mol. The molecule has 0 unspecified atom stereocenters. The van der Waals surface area contributed by atoms with Crippen LogP contribution in [0.2, 0.25) is 0 Å². The predicted molar refractivity (Wildman–Crippen MR) is 146 cm³/mol. The van der Waals surface area contributed by atoms with Crippen molar-refractivity contribution < 1.29 is 24.6 Å². The standard InChI is InChI=1S/C31H42N2O5/c1-30-14-12-23(17-22(30)8-9-24-25-10-11-27(34)31(25,2)15-13-26(24)30)33-38-19-28(35)32-18-21(16-29(36)37)20-6-4-3-5-7-20/h3-7,17,21,24-27,34H,8-16,18-19H2,1-2H3,(H,32,35)(H,36,37)/t21-,24+,25+,26+,27+,30+,31+/m1/s1. The highest BCUT2D eigenvalue weighted by Crippen LogP contribution is 2.65. The number of carbonyl (C=O) groups is 2. The van der Waals surface area contributed by atoms with Gasteiger partial charge < -0.3 is 20.4 Å². The maximum atomic E-state index is 12.4. The molecule has 38 heavy (non-hydrogen) atoms. The van der Waals surface area contributed by atoms with Crippen LogP contribution in [-0.2, 0) is 14.4 Å². The van der Waals surface area contributed by atoms with Gasteiger partial charge in [-0.05, 0) is 91.6 Å². The number of allylic oxidation sites excluding steroid dienone is 2. The van der Waals surface area contributed by atoms with E-state index in [9.17, 15) is 19.8 Å². The Morgan fingerprint density at radius 1 is 1.08 bits per heavy atom. The highest BCUT2D eigenvalue weighted by Gasteiger charge is 2.58. The summed E-state index contributed by atoms with van der Waals surface area (Å²) >= 11 is 0. The Kier molecular flexibility index (Phi) is 7.67. The first-order valence-electron chi connectivity index (χ1n) is 14.3. The fourth-order valence-electron chi connectivity index (χ4n) is 8.32. The molecule has 3 fully saturated rings. The molecule has 7 heteroatoms. The number of oxime groups is 1. The van der Waals surface area contributed by atoms with Gasteiger partial charge in [-0.15, -0.1) is 0 Å². The van der Waals surface area contributed by atoms with E-state index in [1.807, 2.05) is 30.3 Å². The molecule has 0 saturated heterocycles. The molecule has 3 saturated carbocycles. The van der Waals surface area contributed by atoms with Gasteiger partial charge in [-0.25, -0.2) is 0 Å². The number of nitrogens with zero attached hydrogens (tertiary/aromatic N) is 1. The van der Waals surface area contributed by atoms with E-state index in [-0.39, 0.29) is 48.3 Å². The molecule has 0 spiro atoms. The maximum absolute atomic E-state index is 12.4. The molecule has 5 rings (SSSR count). The predicted octanol–water partition coefficient (Wildman–Crippen LogP) is 5.06. The van der Waals surface area contributed by atoms with Gasteiger partial charge in [0.1, 0.15) is 0 Å². The molecule has 0 bridgehead atoms. The minimum absolute atomic E-state index is 0.0534. The largest absolute Gasteiger partial charge is 0.481 e. The Labute approximate surface area is 225 Å². The lowest BCUT2D eigenvalue weighted by molar-refractivity contribution is -0.137. The van der Waals surface area contributed by atoms with E-state index >= 15 is 0 Å². The molecule has 0 aliphatic heterocycles. The van der Waals surface area contributed by atoms with Crippen molar-refractivity contribution in [3.63, 3.8) is 0 Å². The molecule has 4 aliphatic rings. The molecule has 206 valence electrons. The maximum Gasteiger partial charge on any atom is 0.304 e. The van der Waals surface area contributed by atoms with Crippen molar-refractivity contribution in [1.29, 1.82) is 0 Å². The first-order chi connectivity index (χ1) is 18.2. The lowest BCUT2D eigenvalue weighted by Crippen LogP contribution is -2.51. The van der Waals surface area contributed by atoms with Crippen molar-refractivity contribution in [2.45, 2.75) is 83.7 Å². The van der Waals surface area contributed by atoms with Crippen molar-refractivity contribution in [2.24, 2.45) is 33.7 Å². The average molecular weight is 523 g/mol. The summed E-state index contributed by atoms with van der Waals surface area (Å²) < 4.78 is 0.